The fraction of sp³-hybridized carbons (Fsp3) is 0.538. The van der Waals surface area contributed by atoms with E-state index in [0.29, 0.717) is 35.5 Å². The van der Waals surface area contributed by atoms with Crippen molar-refractivity contribution in [2.24, 2.45) is 35.5 Å². The molecule has 0 aromatic rings. The number of fused-ring (bicyclic) bond motifs is 2. The first-order valence-corrected chi connectivity index (χ1v) is 5.59. The van der Waals surface area contributed by atoms with Gasteiger partial charge in [0, 0.05) is 11.8 Å². The highest BCUT2D eigenvalue weighted by molar-refractivity contribution is 5.32. The van der Waals surface area contributed by atoms with Crippen LogP contribution in [0.3, 0.4) is 0 Å². The summed E-state index contributed by atoms with van der Waals surface area (Å²) in [5.74, 6) is 3.46. The smallest absolute Gasteiger partial charge is 0.0671 e. The lowest BCUT2D eigenvalue weighted by atomic mass is 9.62. The van der Waals surface area contributed by atoms with Crippen LogP contribution in [0.15, 0.2) is 36.5 Å². The van der Waals surface area contributed by atoms with Crippen LogP contribution in [0.25, 0.3) is 0 Å². The maximum absolute atomic E-state index is 10.1. The molecule has 5 aliphatic rings. The van der Waals surface area contributed by atoms with Gasteiger partial charge in [0.15, 0.2) is 0 Å². The first-order valence-electron chi connectivity index (χ1n) is 5.59. The zero-order valence-corrected chi connectivity index (χ0v) is 7.95. The lowest BCUT2D eigenvalue weighted by molar-refractivity contribution is 0.126. The fourth-order valence-electron chi connectivity index (χ4n) is 4.15. The molecule has 1 unspecified atom stereocenters. The molecule has 72 valence electrons. The topological polar surface area (TPSA) is 20.2 Å². The van der Waals surface area contributed by atoms with Crippen molar-refractivity contribution < 1.29 is 5.11 Å². The Morgan fingerprint density at radius 1 is 0.643 bits per heavy atom. The van der Waals surface area contributed by atoms with E-state index in [9.17, 15) is 5.11 Å². The normalized spacial score (nSPS) is 61.1. The molecule has 0 saturated heterocycles. The number of hydrogen-bond acceptors (Lipinski definition) is 1. The molecule has 5 rings (SSSR count). The van der Waals surface area contributed by atoms with E-state index in [1.165, 1.54) is 0 Å². The highest BCUT2D eigenvalue weighted by Crippen LogP contribution is 2.58. The zero-order valence-electron chi connectivity index (χ0n) is 7.95. The maximum atomic E-state index is 10.1. The van der Waals surface area contributed by atoms with Gasteiger partial charge < -0.3 is 5.11 Å². The number of hydrogen-bond donors (Lipinski definition) is 1. The Morgan fingerprint density at radius 3 is 1.50 bits per heavy atom. The van der Waals surface area contributed by atoms with Gasteiger partial charge in [-0.3, -0.25) is 0 Å². The Labute approximate surface area is 83.8 Å². The standard InChI is InChI=1S/C13H14O/c14-13-9-5-6-10(13)12-8-2-1-7(3-4-8)11(9)12/h1-14H/t7?,8?,9-,10+,11+,12-,13?. The van der Waals surface area contributed by atoms with Gasteiger partial charge in [-0.15, -0.1) is 0 Å². The van der Waals surface area contributed by atoms with Gasteiger partial charge in [0.1, 0.15) is 0 Å². The average molecular weight is 186 g/mol. The second-order valence-corrected chi connectivity index (χ2v) is 5.11. The average Bonchev–Trinajstić information content (AvgIpc) is 2.76. The fourth-order valence-corrected chi connectivity index (χ4v) is 4.15. The zero-order chi connectivity index (χ0) is 9.28. The van der Waals surface area contributed by atoms with Gasteiger partial charge in [-0.05, 0) is 23.7 Å². The summed E-state index contributed by atoms with van der Waals surface area (Å²) < 4.78 is 0. The van der Waals surface area contributed by atoms with E-state index in [2.05, 4.69) is 36.5 Å². The van der Waals surface area contributed by atoms with Crippen molar-refractivity contribution in [3.63, 3.8) is 0 Å². The van der Waals surface area contributed by atoms with Crippen molar-refractivity contribution in [1.82, 2.24) is 0 Å². The first kappa shape index (κ1) is 7.47. The van der Waals surface area contributed by atoms with Crippen molar-refractivity contribution in [1.29, 1.82) is 0 Å². The minimum Gasteiger partial charge on any atom is -0.392 e. The number of rotatable bonds is 0. The quantitative estimate of drug-likeness (QED) is 0.572. The van der Waals surface area contributed by atoms with E-state index >= 15 is 0 Å². The van der Waals surface area contributed by atoms with Crippen LogP contribution in [0.2, 0.25) is 0 Å². The molecular formula is C13H14O. The molecule has 0 aromatic heterocycles. The molecule has 1 fully saturated rings. The van der Waals surface area contributed by atoms with Crippen molar-refractivity contribution in [3.05, 3.63) is 36.5 Å². The summed E-state index contributed by atoms with van der Waals surface area (Å²) in [6.45, 7) is 0. The Morgan fingerprint density at radius 2 is 1.07 bits per heavy atom. The molecule has 0 heterocycles. The molecule has 1 nitrogen and oxygen atoms in total. The van der Waals surface area contributed by atoms with E-state index in [1.54, 1.807) is 0 Å². The predicted octanol–water partition coefficient (Wildman–Crippen LogP) is 1.77. The van der Waals surface area contributed by atoms with Gasteiger partial charge in [0.25, 0.3) is 0 Å². The molecule has 1 N–H and O–H groups in total. The Kier molecular flexibility index (Phi) is 1.18. The Hall–Kier alpha value is -0.820. The van der Waals surface area contributed by atoms with Gasteiger partial charge >= 0.3 is 0 Å². The van der Waals surface area contributed by atoms with Crippen molar-refractivity contribution >= 4 is 0 Å². The van der Waals surface area contributed by atoms with Gasteiger partial charge in [-0.25, -0.2) is 0 Å². The maximum Gasteiger partial charge on any atom is 0.0671 e. The highest BCUT2D eigenvalue weighted by Gasteiger charge is 2.56. The number of allylic oxidation sites excluding steroid dienone is 4. The molecule has 4 bridgehead atoms. The van der Waals surface area contributed by atoms with Crippen molar-refractivity contribution in [3.8, 4) is 0 Å². The molecule has 0 aliphatic heterocycles. The third-order valence-corrected chi connectivity index (χ3v) is 4.68. The van der Waals surface area contributed by atoms with Gasteiger partial charge in [0.05, 0.1) is 6.10 Å². The molecule has 0 spiro atoms. The van der Waals surface area contributed by atoms with E-state index < -0.39 is 0 Å². The third kappa shape index (κ3) is 0.651. The summed E-state index contributed by atoms with van der Waals surface area (Å²) in [5, 5.41) is 10.1. The summed E-state index contributed by atoms with van der Waals surface area (Å²) >= 11 is 0. The SMILES string of the molecule is OC1[C@H]2C=C[C@@H]1[C@@H]1C3C=CC(C=C3)[C@@H]12. The van der Waals surface area contributed by atoms with Crippen molar-refractivity contribution in [2.75, 3.05) is 0 Å². The van der Waals surface area contributed by atoms with Crippen LogP contribution < -0.4 is 0 Å². The summed E-state index contributed by atoms with van der Waals surface area (Å²) in [4.78, 5) is 0. The van der Waals surface area contributed by atoms with Crippen LogP contribution in [-0.2, 0) is 0 Å². The molecule has 0 aromatic carbocycles. The van der Waals surface area contributed by atoms with E-state index in [4.69, 9.17) is 0 Å². The van der Waals surface area contributed by atoms with Gasteiger partial charge in [0.2, 0.25) is 0 Å². The van der Waals surface area contributed by atoms with E-state index in [1.807, 2.05) is 0 Å². The monoisotopic (exact) mass is 186 g/mol. The Bertz CT molecular complexity index is 319. The molecule has 0 amide bonds. The minimum absolute atomic E-state index is 0.0881. The summed E-state index contributed by atoms with van der Waals surface area (Å²) in [5.41, 5.74) is 0. The molecule has 5 atom stereocenters. The molecule has 1 saturated carbocycles. The Balaban J connectivity index is 1.86. The van der Waals surface area contributed by atoms with Gasteiger partial charge in [-0.1, -0.05) is 36.5 Å². The summed E-state index contributed by atoms with van der Waals surface area (Å²) in [6.07, 6.45) is 13.8. The van der Waals surface area contributed by atoms with Crippen LogP contribution in [-0.4, -0.2) is 11.2 Å². The number of aliphatic hydroxyl groups excluding tert-OH is 1. The first-order chi connectivity index (χ1) is 6.86. The predicted molar refractivity (Wildman–Crippen MR) is 54.4 cm³/mol. The molecular weight excluding hydrogens is 172 g/mol. The number of aliphatic hydroxyl groups is 1. The molecule has 0 radical (unpaired) electrons. The summed E-state index contributed by atoms with van der Waals surface area (Å²) in [7, 11) is 0. The summed E-state index contributed by atoms with van der Waals surface area (Å²) in [6, 6.07) is 0. The lowest BCUT2D eigenvalue weighted by Crippen LogP contribution is -2.35. The third-order valence-electron chi connectivity index (χ3n) is 4.68. The van der Waals surface area contributed by atoms with Crippen LogP contribution >= 0.6 is 0 Å². The minimum atomic E-state index is -0.0881. The van der Waals surface area contributed by atoms with Crippen LogP contribution in [0.4, 0.5) is 0 Å². The van der Waals surface area contributed by atoms with Crippen LogP contribution in [0, 0.1) is 35.5 Å². The molecule has 1 heteroatoms. The lowest BCUT2D eigenvalue weighted by Gasteiger charge is -2.41. The van der Waals surface area contributed by atoms with Crippen LogP contribution in [0.1, 0.15) is 0 Å². The molecule has 14 heavy (non-hydrogen) atoms. The highest BCUT2D eigenvalue weighted by atomic mass is 16.3. The van der Waals surface area contributed by atoms with Gasteiger partial charge in [-0.2, -0.15) is 0 Å². The second-order valence-electron chi connectivity index (χ2n) is 5.11. The van der Waals surface area contributed by atoms with Crippen LogP contribution in [0.5, 0.6) is 0 Å². The van der Waals surface area contributed by atoms with E-state index in [0.717, 1.165) is 0 Å². The second kappa shape index (κ2) is 2.22. The molecule has 5 aliphatic carbocycles. The van der Waals surface area contributed by atoms with Crippen molar-refractivity contribution in [2.45, 2.75) is 6.10 Å². The van der Waals surface area contributed by atoms with E-state index in [-0.39, 0.29) is 6.10 Å². The largest absolute Gasteiger partial charge is 0.392 e.